The second-order valence-electron chi connectivity index (χ2n) is 2.47. The van der Waals surface area contributed by atoms with Crippen molar-refractivity contribution in [2.45, 2.75) is 6.61 Å². The Hall–Kier alpha value is -1.40. The zero-order valence-electron chi connectivity index (χ0n) is 7.73. The highest BCUT2D eigenvalue weighted by molar-refractivity contribution is 5.86. The molecule has 0 atom stereocenters. The number of carboxylic acid groups (broad SMARTS) is 1. The number of methoxy groups -OCH3 is 1. The number of aromatic nitrogens is 1. The highest BCUT2D eigenvalue weighted by atomic mass is 16.5. The zero-order valence-corrected chi connectivity index (χ0v) is 7.73. The van der Waals surface area contributed by atoms with Crippen LogP contribution < -0.4 is 0 Å². The van der Waals surface area contributed by atoms with Crippen molar-refractivity contribution in [3.8, 4) is 0 Å². The summed E-state index contributed by atoms with van der Waals surface area (Å²) in [5.41, 5.74) is -0.109. The first-order valence-electron chi connectivity index (χ1n) is 3.98. The molecule has 0 unspecified atom stereocenters. The third-order valence-electron chi connectivity index (χ3n) is 1.51. The van der Waals surface area contributed by atoms with Gasteiger partial charge in [-0.25, -0.2) is 9.78 Å². The van der Waals surface area contributed by atoms with E-state index in [1.807, 2.05) is 0 Å². The average Bonchev–Trinajstić information content (AvgIpc) is 2.60. The first-order valence-corrected chi connectivity index (χ1v) is 3.98. The Morgan fingerprint density at radius 2 is 2.43 bits per heavy atom. The Balaban J connectivity index is 2.42. The summed E-state index contributed by atoms with van der Waals surface area (Å²) in [6.45, 7) is 0.928. The lowest BCUT2D eigenvalue weighted by Crippen LogP contribution is -2.05. The van der Waals surface area contributed by atoms with Crippen LogP contribution in [0.2, 0.25) is 0 Å². The second-order valence-corrected chi connectivity index (χ2v) is 2.47. The van der Waals surface area contributed by atoms with Crippen molar-refractivity contribution in [2.24, 2.45) is 0 Å². The minimum atomic E-state index is -1.12. The van der Waals surface area contributed by atoms with E-state index in [4.69, 9.17) is 19.0 Å². The van der Waals surface area contributed by atoms with Crippen molar-refractivity contribution in [1.82, 2.24) is 4.98 Å². The largest absolute Gasteiger partial charge is 0.476 e. The molecule has 0 aliphatic heterocycles. The van der Waals surface area contributed by atoms with Gasteiger partial charge in [-0.1, -0.05) is 0 Å². The molecule has 0 bridgehead atoms. The number of hydrogen-bond donors (Lipinski definition) is 1. The molecule has 0 radical (unpaired) electrons. The molecular formula is C8H11NO5. The van der Waals surface area contributed by atoms with Gasteiger partial charge < -0.3 is 19.0 Å². The van der Waals surface area contributed by atoms with Gasteiger partial charge in [0.2, 0.25) is 0 Å². The number of rotatable bonds is 6. The molecule has 1 aromatic heterocycles. The van der Waals surface area contributed by atoms with E-state index < -0.39 is 5.97 Å². The van der Waals surface area contributed by atoms with Gasteiger partial charge in [-0.3, -0.25) is 0 Å². The average molecular weight is 201 g/mol. The Morgan fingerprint density at radius 3 is 3.07 bits per heavy atom. The zero-order chi connectivity index (χ0) is 10.4. The number of carbonyl (C=O) groups is 1. The molecule has 0 aromatic carbocycles. The quantitative estimate of drug-likeness (QED) is 0.676. The Labute approximate surface area is 80.5 Å². The van der Waals surface area contributed by atoms with Gasteiger partial charge in [0.05, 0.1) is 13.2 Å². The Kier molecular flexibility index (Phi) is 4.09. The molecule has 6 heteroatoms. The molecule has 6 nitrogen and oxygen atoms in total. The highest BCUT2D eigenvalue weighted by Gasteiger charge is 2.14. The van der Waals surface area contributed by atoms with Gasteiger partial charge in [-0.05, 0) is 0 Å². The molecule has 1 rings (SSSR count). The number of ether oxygens (including phenoxy) is 2. The first-order chi connectivity index (χ1) is 6.75. The Morgan fingerprint density at radius 1 is 1.64 bits per heavy atom. The minimum Gasteiger partial charge on any atom is -0.476 e. The summed E-state index contributed by atoms with van der Waals surface area (Å²) < 4.78 is 14.7. The molecular weight excluding hydrogens is 190 g/mol. The monoisotopic (exact) mass is 201 g/mol. The molecule has 0 saturated carbocycles. The van der Waals surface area contributed by atoms with Crippen LogP contribution in [0.1, 0.15) is 16.2 Å². The van der Waals surface area contributed by atoms with E-state index in [1.165, 1.54) is 0 Å². The van der Waals surface area contributed by atoms with Crippen LogP contribution in [-0.4, -0.2) is 36.4 Å². The first kappa shape index (κ1) is 10.7. The van der Waals surface area contributed by atoms with Crippen LogP contribution in [0.4, 0.5) is 0 Å². The molecule has 78 valence electrons. The molecule has 0 saturated heterocycles. The topological polar surface area (TPSA) is 81.8 Å². The number of carboxylic acids is 1. The third kappa shape index (κ3) is 2.82. The van der Waals surface area contributed by atoms with E-state index in [0.29, 0.717) is 13.2 Å². The van der Waals surface area contributed by atoms with Gasteiger partial charge in [-0.2, -0.15) is 0 Å². The molecule has 1 N–H and O–H groups in total. The summed E-state index contributed by atoms with van der Waals surface area (Å²) >= 11 is 0. The summed E-state index contributed by atoms with van der Waals surface area (Å²) in [5, 5.41) is 8.65. The van der Waals surface area contributed by atoms with E-state index >= 15 is 0 Å². The number of oxazole rings is 1. The lowest BCUT2D eigenvalue weighted by molar-refractivity contribution is 0.0515. The van der Waals surface area contributed by atoms with Crippen molar-refractivity contribution in [1.29, 1.82) is 0 Å². The van der Waals surface area contributed by atoms with Crippen molar-refractivity contribution in [3.05, 3.63) is 17.8 Å². The maximum atomic E-state index is 10.6. The van der Waals surface area contributed by atoms with Crippen LogP contribution in [0.25, 0.3) is 0 Å². The van der Waals surface area contributed by atoms with E-state index in [9.17, 15) is 4.79 Å². The fraction of sp³-hybridized carbons (Fsp3) is 0.500. The maximum Gasteiger partial charge on any atom is 0.358 e. The fourth-order valence-electron chi connectivity index (χ4n) is 0.854. The van der Waals surface area contributed by atoms with E-state index in [-0.39, 0.29) is 18.1 Å². The van der Waals surface area contributed by atoms with Crippen LogP contribution >= 0.6 is 0 Å². The van der Waals surface area contributed by atoms with Gasteiger partial charge in [0, 0.05) is 7.11 Å². The SMILES string of the molecule is COCCOCc1ocnc1C(=O)O. The molecule has 1 heterocycles. The predicted octanol–water partition coefficient (Wildman–Crippen LogP) is 0.536. The number of hydrogen-bond acceptors (Lipinski definition) is 5. The van der Waals surface area contributed by atoms with Crippen LogP contribution in [0, 0.1) is 0 Å². The minimum absolute atomic E-state index is 0.0883. The normalized spacial score (nSPS) is 10.4. The van der Waals surface area contributed by atoms with Crippen molar-refractivity contribution < 1.29 is 23.8 Å². The Bertz CT molecular complexity index is 296. The summed E-state index contributed by atoms with van der Waals surface area (Å²) in [4.78, 5) is 14.1. The molecule has 0 fully saturated rings. The van der Waals surface area contributed by atoms with Gasteiger partial charge in [0.25, 0.3) is 0 Å². The molecule has 0 spiro atoms. The highest BCUT2D eigenvalue weighted by Crippen LogP contribution is 2.07. The van der Waals surface area contributed by atoms with Crippen LogP contribution in [0.15, 0.2) is 10.8 Å². The van der Waals surface area contributed by atoms with E-state index in [0.717, 1.165) is 6.39 Å². The molecule has 1 aromatic rings. The number of nitrogens with zero attached hydrogens (tertiary/aromatic N) is 1. The molecule has 0 aliphatic carbocycles. The third-order valence-corrected chi connectivity index (χ3v) is 1.51. The van der Waals surface area contributed by atoms with Crippen LogP contribution in [0.5, 0.6) is 0 Å². The van der Waals surface area contributed by atoms with Gasteiger partial charge >= 0.3 is 5.97 Å². The van der Waals surface area contributed by atoms with Crippen LogP contribution in [-0.2, 0) is 16.1 Å². The predicted molar refractivity (Wildman–Crippen MR) is 45.0 cm³/mol. The second kappa shape index (κ2) is 5.36. The van der Waals surface area contributed by atoms with Crippen LogP contribution in [0.3, 0.4) is 0 Å². The molecule has 14 heavy (non-hydrogen) atoms. The number of aromatic carboxylic acids is 1. The smallest absolute Gasteiger partial charge is 0.358 e. The van der Waals surface area contributed by atoms with Crippen molar-refractivity contribution >= 4 is 5.97 Å². The summed E-state index contributed by atoms with van der Waals surface area (Å²) in [5.74, 6) is -0.905. The molecule has 0 amide bonds. The summed E-state index contributed by atoms with van der Waals surface area (Å²) in [7, 11) is 1.56. The molecule has 0 aliphatic rings. The standard InChI is InChI=1S/C8H11NO5/c1-12-2-3-13-4-6-7(8(10)11)9-5-14-6/h5H,2-4H2,1H3,(H,10,11). The maximum absolute atomic E-state index is 10.6. The summed E-state index contributed by atoms with van der Waals surface area (Å²) in [6.07, 6.45) is 1.08. The van der Waals surface area contributed by atoms with Crippen molar-refractivity contribution in [3.63, 3.8) is 0 Å². The summed E-state index contributed by atoms with van der Waals surface area (Å²) in [6, 6.07) is 0. The van der Waals surface area contributed by atoms with Gasteiger partial charge in [0.1, 0.15) is 6.61 Å². The van der Waals surface area contributed by atoms with Gasteiger partial charge in [-0.15, -0.1) is 0 Å². The lowest BCUT2D eigenvalue weighted by Gasteiger charge is -2.00. The van der Waals surface area contributed by atoms with Gasteiger partial charge in [0.15, 0.2) is 17.8 Å². The van der Waals surface area contributed by atoms with E-state index in [2.05, 4.69) is 4.98 Å². The lowest BCUT2D eigenvalue weighted by atomic mass is 10.3. The fourth-order valence-corrected chi connectivity index (χ4v) is 0.854. The van der Waals surface area contributed by atoms with Crippen molar-refractivity contribution in [2.75, 3.05) is 20.3 Å². The van der Waals surface area contributed by atoms with E-state index in [1.54, 1.807) is 7.11 Å².